The number of hydrogen-bond acceptors (Lipinski definition) is 5. The number of rotatable bonds is 3. The highest BCUT2D eigenvalue weighted by molar-refractivity contribution is 6.44. The lowest BCUT2D eigenvalue weighted by molar-refractivity contribution is -0.123. The molecule has 2 aliphatic rings. The van der Waals surface area contributed by atoms with Crippen LogP contribution in [0.5, 0.6) is 0 Å². The van der Waals surface area contributed by atoms with Crippen LogP contribution in [0.1, 0.15) is 37.7 Å². The third kappa shape index (κ3) is 4.02. The minimum atomic E-state index is -0.991. The molecule has 2 aliphatic heterocycles. The number of halogens is 2. The van der Waals surface area contributed by atoms with Gasteiger partial charge < -0.3 is 15.5 Å². The number of piperidine rings is 1. The first-order chi connectivity index (χ1) is 14.3. The molecular formula is C20H21Cl2N5O3. The van der Waals surface area contributed by atoms with E-state index in [4.69, 9.17) is 23.2 Å². The zero-order valence-electron chi connectivity index (χ0n) is 16.3. The van der Waals surface area contributed by atoms with Gasteiger partial charge in [-0.15, -0.1) is 0 Å². The molecule has 0 bridgehead atoms. The molecule has 2 aromatic rings. The highest BCUT2D eigenvalue weighted by Gasteiger charge is 2.35. The van der Waals surface area contributed by atoms with Gasteiger partial charge in [-0.2, -0.15) is 4.98 Å². The number of hydrogen-bond donors (Lipinski definition) is 3. The largest absolute Gasteiger partial charge is 0.342 e. The molecule has 1 fully saturated rings. The van der Waals surface area contributed by atoms with Gasteiger partial charge in [-0.1, -0.05) is 36.2 Å². The van der Waals surface area contributed by atoms with Gasteiger partial charge in [-0.25, -0.2) is 0 Å². The summed E-state index contributed by atoms with van der Waals surface area (Å²) in [5, 5.41) is 5.78. The smallest absolute Gasteiger partial charge is 0.258 e. The van der Waals surface area contributed by atoms with Crippen molar-refractivity contribution in [1.29, 1.82) is 0 Å². The maximum atomic E-state index is 12.9. The number of amides is 2. The number of carbonyl (C=O) groups excluding carboxylic acids is 2. The van der Waals surface area contributed by atoms with Crippen molar-refractivity contribution in [3.8, 4) is 0 Å². The van der Waals surface area contributed by atoms with Gasteiger partial charge in [-0.3, -0.25) is 19.4 Å². The monoisotopic (exact) mass is 449 g/mol. The van der Waals surface area contributed by atoms with E-state index in [1.54, 1.807) is 18.2 Å². The summed E-state index contributed by atoms with van der Waals surface area (Å²) >= 11 is 12.1. The molecule has 0 unspecified atom stereocenters. The Labute approximate surface area is 183 Å². The van der Waals surface area contributed by atoms with Crippen LogP contribution in [0.4, 0.5) is 17.5 Å². The lowest BCUT2D eigenvalue weighted by atomic mass is 9.92. The quantitative estimate of drug-likeness (QED) is 0.665. The molecule has 0 spiro atoms. The number of anilines is 3. The second kappa shape index (κ2) is 8.28. The molecule has 0 aliphatic carbocycles. The standard InChI is InChI=1S/C20H21Cl2N5O3/c1-10-4-3-7-27(9-10)20-25-17-15(19(30)26-20)11(8-14(28)24-17)18(29)23-13-6-2-5-12(21)16(13)22/h2,5-6,10-11H,3-4,7-9H2,1H3,(H,23,29)(H2,24,25,26,28,30)/t10-,11+/m1/s1. The Hall–Kier alpha value is -2.58. The molecule has 158 valence electrons. The first kappa shape index (κ1) is 20.7. The minimum Gasteiger partial charge on any atom is -0.342 e. The molecule has 2 atom stereocenters. The number of nitrogens with one attached hydrogen (secondary N) is 3. The summed E-state index contributed by atoms with van der Waals surface area (Å²) in [5.74, 6) is -0.882. The van der Waals surface area contributed by atoms with Crippen molar-refractivity contribution in [3.05, 3.63) is 44.2 Å². The van der Waals surface area contributed by atoms with Crippen LogP contribution < -0.4 is 21.1 Å². The number of fused-ring (bicyclic) bond motifs is 1. The fraction of sp³-hybridized carbons (Fsp3) is 0.400. The number of H-pyrrole nitrogens is 1. The highest BCUT2D eigenvalue weighted by atomic mass is 35.5. The van der Waals surface area contributed by atoms with E-state index in [9.17, 15) is 14.4 Å². The molecule has 8 nitrogen and oxygen atoms in total. The number of aromatic nitrogens is 2. The van der Waals surface area contributed by atoms with E-state index in [-0.39, 0.29) is 33.8 Å². The molecule has 30 heavy (non-hydrogen) atoms. The molecule has 0 saturated carbocycles. The zero-order chi connectivity index (χ0) is 21.4. The second-order valence-electron chi connectivity index (χ2n) is 7.74. The summed E-state index contributed by atoms with van der Waals surface area (Å²) in [6, 6.07) is 4.84. The first-order valence-corrected chi connectivity index (χ1v) is 10.5. The van der Waals surface area contributed by atoms with Crippen LogP contribution >= 0.6 is 23.2 Å². The van der Waals surface area contributed by atoms with Gasteiger partial charge in [0.1, 0.15) is 5.82 Å². The predicted molar refractivity (Wildman–Crippen MR) is 117 cm³/mol. The summed E-state index contributed by atoms with van der Waals surface area (Å²) in [6.45, 7) is 3.69. The van der Waals surface area contributed by atoms with E-state index in [2.05, 4.69) is 27.5 Å². The van der Waals surface area contributed by atoms with E-state index < -0.39 is 17.4 Å². The van der Waals surface area contributed by atoms with Gasteiger partial charge in [-0.05, 0) is 30.9 Å². The molecule has 4 rings (SSSR count). The maximum Gasteiger partial charge on any atom is 0.258 e. The maximum absolute atomic E-state index is 12.9. The summed E-state index contributed by atoms with van der Waals surface area (Å²) < 4.78 is 0. The Morgan fingerprint density at radius 1 is 1.30 bits per heavy atom. The fourth-order valence-electron chi connectivity index (χ4n) is 3.94. The molecule has 0 radical (unpaired) electrons. The Bertz CT molecular complexity index is 1070. The van der Waals surface area contributed by atoms with E-state index in [1.807, 2.05) is 4.90 Å². The predicted octanol–water partition coefficient (Wildman–Crippen LogP) is 3.38. The van der Waals surface area contributed by atoms with Crippen LogP contribution in [0.15, 0.2) is 23.0 Å². The van der Waals surface area contributed by atoms with E-state index in [0.717, 1.165) is 25.9 Å². The van der Waals surface area contributed by atoms with Crippen LogP contribution in [0.25, 0.3) is 0 Å². The lowest BCUT2D eigenvalue weighted by Crippen LogP contribution is -2.40. The third-order valence-electron chi connectivity index (χ3n) is 5.42. The third-order valence-corrected chi connectivity index (χ3v) is 6.24. The SMILES string of the molecule is C[C@@H]1CCCN(c2nc3c(c(=O)[nH]2)[C@@H](C(=O)Nc2cccc(Cl)c2Cl)CC(=O)N3)C1. The van der Waals surface area contributed by atoms with Gasteiger partial charge in [0, 0.05) is 19.5 Å². The molecular weight excluding hydrogens is 429 g/mol. The van der Waals surface area contributed by atoms with E-state index in [1.165, 1.54) is 0 Å². The molecule has 1 saturated heterocycles. The molecule has 2 amide bonds. The van der Waals surface area contributed by atoms with Crippen molar-refractivity contribution >= 4 is 52.5 Å². The lowest BCUT2D eigenvalue weighted by Gasteiger charge is -2.32. The Balaban J connectivity index is 1.66. The van der Waals surface area contributed by atoms with Gasteiger partial charge in [0.25, 0.3) is 5.56 Å². The van der Waals surface area contributed by atoms with Crippen molar-refractivity contribution < 1.29 is 9.59 Å². The van der Waals surface area contributed by atoms with E-state index >= 15 is 0 Å². The molecule has 1 aromatic carbocycles. The van der Waals surface area contributed by atoms with Gasteiger partial charge in [0.2, 0.25) is 17.8 Å². The number of carbonyl (C=O) groups is 2. The highest BCUT2D eigenvalue weighted by Crippen LogP contribution is 2.33. The molecule has 1 aromatic heterocycles. The van der Waals surface area contributed by atoms with Crippen molar-refractivity contribution in [2.24, 2.45) is 5.92 Å². The van der Waals surface area contributed by atoms with Crippen LogP contribution in [-0.2, 0) is 9.59 Å². The average molecular weight is 450 g/mol. The summed E-state index contributed by atoms with van der Waals surface area (Å²) in [5.41, 5.74) is 0.00892. The summed E-state index contributed by atoms with van der Waals surface area (Å²) in [4.78, 5) is 47.4. The molecule has 3 heterocycles. The molecule has 3 N–H and O–H groups in total. The van der Waals surface area contributed by atoms with Crippen LogP contribution in [0.2, 0.25) is 10.0 Å². The van der Waals surface area contributed by atoms with Gasteiger partial charge in [0.15, 0.2) is 0 Å². The minimum absolute atomic E-state index is 0.126. The summed E-state index contributed by atoms with van der Waals surface area (Å²) in [6.07, 6.45) is 1.96. The average Bonchev–Trinajstić information content (AvgIpc) is 2.70. The zero-order valence-corrected chi connectivity index (χ0v) is 17.8. The van der Waals surface area contributed by atoms with Crippen molar-refractivity contribution in [1.82, 2.24) is 9.97 Å². The first-order valence-electron chi connectivity index (χ1n) is 9.77. The van der Waals surface area contributed by atoms with Crippen LogP contribution in [0, 0.1) is 5.92 Å². The van der Waals surface area contributed by atoms with Crippen molar-refractivity contribution in [2.75, 3.05) is 28.6 Å². The Morgan fingerprint density at radius 3 is 2.87 bits per heavy atom. The topological polar surface area (TPSA) is 107 Å². The van der Waals surface area contributed by atoms with Crippen LogP contribution in [0.3, 0.4) is 0 Å². The number of aromatic amines is 1. The molecule has 10 heteroatoms. The normalized spacial score (nSPS) is 21.0. The number of benzene rings is 1. The Morgan fingerprint density at radius 2 is 2.10 bits per heavy atom. The number of nitrogens with zero attached hydrogens (tertiary/aromatic N) is 2. The Kier molecular flexibility index (Phi) is 5.71. The summed E-state index contributed by atoms with van der Waals surface area (Å²) in [7, 11) is 0. The van der Waals surface area contributed by atoms with Gasteiger partial charge >= 0.3 is 0 Å². The van der Waals surface area contributed by atoms with E-state index in [0.29, 0.717) is 17.6 Å². The fourth-order valence-corrected chi connectivity index (χ4v) is 4.28. The second-order valence-corrected chi connectivity index (χ2v) is 8.53. The van der Waals surface area contributed by atoms with Crippen molar-refractivity contribution in [2.45, 2.75) is 32.1 Å². The van der Waals surface area contributed by atoms with Crippen LogP contribution in [-0.4, -0.2) is 34.9 Å². The van der Waals surface area contributed by atoms with Gasteiger partial charge in [0.05, 0.1) is 27.2 Å². The van der Waals surface area contributed by atoms with Crippen molar-refractivity contribution in [3.63, 3.8) is 0 Å².